The minimum absolute atomic E-state index is 0.600. The number of benzene rings is 1. The van der Waals surface area contributed by atoms with Crippen molar-refractivity contribution in [3.63, 3.8) is 0 Å². The zero-order chi connectivity index (χ0) is 14.0. The van der Waals surface area contributed by atoms with Gasteiger partial charge in [-0.2, -0.15) is 5.26 Å². The molecule has 1 aliphatic heterocycles. The molecule has 0 amide bonds. The van der Waals surface area contributed by atoms with Crippen molar-refractivity contribution >= 4 is 19.9 Å². The molecule has 0 radical (unpaired) electrons. The molecule has 1 aromatic rings. The van der Waals surface area contributed by atoms with Crippen LogP contribution in [-0.2, 0) is 10.8 Å². The van der Waals surface area contributed by atoms with Crippen molar-refractivity contribution in [2.24, 2.45) is 0 Å². The van der Waals surface area contributed by atoms with E-state index >= 15 is 0 Å². The van der Waals surface area contributed by atoms with E-state index in [-0.39, 0.29) is 0 Å². The van der Waals surface area contributed by atoms with Crippen LogP contribution in [0.4, 0.5) is 0 Å². The zero-order valence-electron chi connectivity index (χ0n) is 11.5. The van der Waals surface area contributed by atoms with Gasteiger partial charge in [0.1, 0.15) is 5.75 Å². The average molecular weight is 296 g/mol. The molecule has 1 atom stereocenters. The Morgan fingerprint density at radius 3 is 2.79 bits per heavy atom. The average Bonchev–Trinajstić information content (AvgIpc) is 2.34. The number of hydrogen-bond acceptors (Lipinski definition) is 3. The van der Waals surface area contributed by atoms with E-state index in [4.69, 9.17) is 20.8 Å². The molecule has 2 rings (SSSR count). The molecule has 1 unspecified atom stereocenters. The van der Waals surface area contributed by atoms with Crippen molar-refractivity contribution in [1.29, 1.82) is 5.26 Å². The summed E-state index contributed by atoms with van der Waals surface area (Å²) in [5, 5.41) is 10.0. The van der Waals surface area contributed by atoms with E-state index in [1.165, 1.54) is 0 Å². The van der Waals surface area contributed by atoms with Gasteiger partial charge in [-0.25, -0.2) is 0 Å². The van der Waals surface area contributed by atoms with Gasteiger partial charge in [-0.05, 0) is 50.2 Å². The highest BCUT2D eigenvalue weighted by Gasteiger charge is 2.27. The van der Waals surface area contributed by atoms with Gasteiger partial charge in [-0.3, -0.25) is 0 Å². The standard InChI is InChI=1S/C14H18ClNO2Si/c1-19(2,3)18-13(9-16)12-8-11(15)7-10-5-4-6-17-14(10)12/h7-8,13H,4-6H2,1-3H3. The highest BCUT2D eigenvalue weighted by molar-refractivity contribution is 6.69. The lowest BCUT2D eigenvalue weighted by molar-refractivity contribution is 0.234. The van der Waals surface area contributed by atoms with E-state index in [1.54, 1.807) is 6.07 Å². The summed E-state index contributed by atoms with van der Waals surface area (Å²) in [5.41, 5.74) is 1.85. The van der Waals surface area contributed by atoms with Gasteiger partial charge in [-0.15, -0.1) is 0 Å². The monoisotopic (exact) mass is 295 g/mol. The molecule has 0 N–H and O–H groups in total. The van der Waals surface area contributed by atoms with Crippen LogP contribution in [-0.4, -0.2) is 14.9 Å². The fourth-order valence-corrected chi connectivity index (χ4v) is 3.32. The Kier molecular flexibility index (Phi) is 4.19. The lowest BCUT2D eigenvalue weighted by Gasteiger charge is -2.26. The maximum atomic E-state index is 9.38. The Bertz CT molecular complexity index is 519. The van der Waals surface area contributed by atoms with E-state index < -0.39 is 14.4 Å². The summed E-state index contributed by atoms with van der Waals surface area (Å²) in [6, 6.07) is 5.94. The molecular formula is C14H18ClNO2Si. The topological polar surface area (TPSA) is 42.2 Å². The number of nitriles is 1. The molecule has 0 spiro atoms. The Hall–Kier alpha value is -1.02. The molecule has 1 aromatic carbocycles. The highest BCUT2D eigenvalue weighted by atomic mass is 35.5. The number of fused-ring (bicyclic) bond motifs is 1. The number of rotatable bonds is 3. The molecule has 1 aliphatic rings. The molecule has 0 saturated heterocycles. The molecule has 1 heterocycles. The first-order chi connectivity index (χ1) is 8.90. The van der Waals surface area contributed by atoms with Crippen molar-refractivity contribution in [2.45, 2.75) is 38.6 Å². The van der Waals surface area contributed by atoms with Gasteiger partial charge < -0.3 is 9.16 Å². The van der Waals surface area contributed by atoms with Crippen LogP contribution in [0.5, 0.6) is 5.75 Å². The second-order valence-electron chi connectivity index (χ2n) is 5.67. The maximum Gasteiger partial charge on any atom is 0.186 e. The Morgan fingerprint density at radius 2 is 2.16 bits per heavy atom. The van der Waals surface area contributed by atoms with Gasteiger partial charge in [0.05, 0.1) is 12.7 Å². The molecule has 3 nitrogen and oxygen atoms in total. The Balaban J connectivity index is 2.43. The molecule has 0 bridgehead atoms. The third-order valence-electron chi connectivity index (χ3n) is 2.87. The van der Waals surface area contributed by atoms with Crippen molar-refractivity contribution in [3.05, 3.63) is 28.3 Å². The van der Waals surface area contributed by atoms with E-state index in [2.05, 4.69) is 25.7 Å². The Morgan fingerprint density at radius 1 is 1.42 bits per heavy atom. The molecule has 5 heteroatoms. The second kappa shape index (κ2) is 5.54. The largest absolute Gasteiger partial charge is 0.493 e. The molecule has 0 aromatic heterocycles. The molecule has 0 saturated carbocycles. The quantitative estimate of drug-likeness (QED) is 0.789. The predicted octanol–water partition coefficient (Wildman–Crippen LogP) is 4.08. The summed E-state index contributed by atoms with van der Waals surface area (Å²) in [5.74, 6) is 0.792. The summed E-state index contributed by atoms with van der Waals surface area (Å²) < 4.78 is 11.7. The second-order valence-corrected chi connectivity index (χ2v) is 10.6. The predicted molar refractivity (Wildman–Crippen MR) is 78.1 cm³/mol. The van der Waals surface area contributed by atoms with Crippen LogP contribution in [0.3, 0.4) is 0 Å². The van der Waals surface area contributed by atoms with Gasteiger partial charge in [0.25, 0.3) is 0 Å². The SMILES string of the molecule is C[Si](C)(C)OC(C#N)c1cc(Cl)cc2c1OCCC2. The van der Waals surface area contributed by atoms with Crippen molar-refractivity contribution in [2.75, 3.05) is 6.61 Å². The van der Waals surface area contributed by atoms with Gasteiger partial charge in [0.2, 0.25) is 0 Å². The molecular weight excluding hydrogens is 278 g/mol. The first kappa shape index (κ1) is 14.4. The lowest BCUT2D eigenvalue weighted by atomic mass is 10.00. The highest BCUT2D eigenvalue weighted by Crippen LogP contribution is 2.37. The summed E-state index contributed by atoms with van der Waals surface area (Å²) in [6.07, 6.45) is 1.32. The minimum atomic E-state index is -1.81. The van der Waals surface area contributed by atoms with Gasteiger partial charge >= 0.3 is 0 Å². The number of ether oxygens (including phenoxy) is 1. The number of nitrogens with zero attached hydrogens (tertiary/aromatic N) is 1. The summed E-state index contributed by atoms with van der Waals surface area (Å²) in [7, 11) is -1.81. The number of hydrogen-bond donors (Lipinski definition) is 0. The first-order valence-electron chi connectivity index (χ1n) is 6.43. The summed E-state index contributed by atoms with van der Waals surface area (Å²) >= 11 is 6.14. The van der Waals surface area contributed by atoms with Crippen LogP contribution in [0.2, 0.25) is 24.7 Å². The van der Waals surface area contributed by atoms with E-state index in [1.807, 2.05) is 6.07 Å². The fraction of sp³-hybridized carbons (Fsp3) is 0.500. The normalized spacial score (nSPS) is 16.2. The van der Waals surface area contributed by atoms with Crippen LogP contribution in [0.15, 0.2) is 12.1 Å². The van der Waals surface area contributed by atoms with Gasteiger partial charge in [0, 0.05) is 10.6 Å². The van der Waals surface area contributed by atoms with E-state index in [0.29, 0.717) is 11.6 Å². The smallest absolute Gasteiger partial charge is 0.186 e. The molecule has 0 aliphatic carbocycles. The lowest BCUT2D eigenvalue weighted by Crippen LogP contribution is -2.28. The number of aryl methyl sites for hydroxylation is 1. The maximum absolute atomic E-state index is 9.38. The van der Waals surface area contributed by atoms with Crippen LogP contribution in [0.1, 0.15) is 23.7 Å². The van der Waals surface area contributed by atoms with E-state index in [9.17, 15) is 5.26 Å². The third kappa shape index (κ3) is 3.50. The molecule has 0 fully saturated rings. The molecule has 102 valence electrons. The van der Waals surface area contributed by atoms with Crippen molar-refractivity contribution in [1.82, 2.24) is 0 Å². The fourth-order valence-electron chi connectivity index (χ4n) is 2.18. The third-order valence-corrected chi connectivity index (χ3v) is 4.03. The van der Waals surface area contributed by atoms with Crippen LogP contribution >= 0.6 is 11.6 Å². The number of halogens is 1. The summed E-state index contributed by atoms with van der Waals surface area (Å²) in [4.78, 5) is 0. The van der Waals surface area contributed by atoms with Crippen molar-refractivity contribution in [3.8, 4) is 11.8 Å². The van der Waals surface area contributed by atoms with E-state index in [0.717, 1.165) is 29.7 Å². The van der Waals surface area contributed by atoms with Crippen LogP contribution < -0.4 is 4.74 Å². The summed E-state index contributed by atoms with van der Waals surface area (Å²) in [6.45, 7) is 6.88. The van der Waals surface area contributed by atoms with Crippen molar-refractivity contribution < 1.29 is 9.16 Å². The molecule has 19 heavy (non-hydrogen) atoms. The zero-order valence-corrected chi connectivity index (χ0v) is 13.3. The van der Waals surface area contributed by atoms with Crippen LogP contribution in [0.25, 0.3) is 0 Å². The minimum Gasteiger partial charge on any atom is -0.493 e. The first-order valence-corrected chi connectivity index (χ1v) is 10.2. The van der Waals surface area contributed by atoms with Gasteiger partial charge in [0.15, 0.2) is 14.4 Å². The van der Waals surface area contributed by atoms with Gasteiger partial charge in [-0.1, -0.05) is 11.6 Å². The van der Waals surface area contributed by atoms with Crippen LogP contribution in [0, 0.1) is 11.3 Å². The Labute approximate surface area is 120 Å².